The van der Waals surface area contributed by atoms with Crippen molar-refractivity contribution in [1.29, 1.82) is 0 Å². The van der Waals surface area contributed by atoms with Crippen molar-refractivity contribution in [1.82, 2.24) is 24.5 Å². The van der Waals surface area contributed by atoms with Crippen LogP contribution in [0.4, 0.5) is 5.69 Å². The van der Waals surface area contributed by atoms with E-state index >= 15 is 0 Å². The van der Waals surface area contributed by atoms with Crippen LogP contribution in [0.15, 0.2) is 35.3 Å². The highest BCUT2D eigenvalue weighted by molar-refractivity contribution is 5.74. The normalized spacial score (nSPS) is 16.0. The summed E-state index contributed by atoms with van der Waals surface area (Å²) in [6.45, 7) is 9.67. The molecule has 4 heterocycles. The predicted molar refractivity (Wildman–Crippen MR) is 139 cm³/mol. The molecule has 1 aliphatic rings. The van der Waals surface area contributed by atoms with E-state index in [1.54, 1.807) is 15.3 Å². The van der Waals surface area contributed by atoms with E-state index in [2.05, 4.69) is 35.1 Å². The number of pyridine rings is 2. The topological polar surface area (TPSA) is 106 Å². The first-order valence-electron chi connectivity index (χ1n) is 12.7. The van der Waals surface area contributed by atoms with Crippen LogP contribution in [0.3, 0.4) is 0 Å². The van der Waals surface area contributed by atoms with Gasteiger partial charge in [0.1, 0.15) is 5.69 Å². The molecule has 1 fully saturated rings. The third-order valence-corrected chi connectivity index (χ3v) is 7.47. The van der Waals surface area contributed by atoms with Gasteiger partial charge in [-0.1, -0.05) is 31.5 Å². The van der Waals surface area contributed by atoms with E-state index in [-0.39, 0.29) is 11.5 Å². The van der Waals surface area contributed by atoms with Crippen molar-refractivity contribution < 1.29 is 9.90 Å². The van der Waals surface area contributed by atoms with E-state index in [4.69, 9.17) is 4.98 Å². The van der Waals surface area contributed by atoms with E-state index < -0.39 is 11.4 Å². The van der Waals surface area contributed by atoms with Gasteiger partial charge in [-0.05, 0) is 56.7 Å². The second kappa shape index (κ2) is 10.2. The lowest BCUT2D eigenvalue weighted by Gasteiger charge is -2.28. The Labute approximate surface area is 211 Å². The maximum atomic E-state index is 12.5. The Bertz CT molecular complexity index is 1310. The number of carboxylic acids is 1. The molecule has 0 radical (unpaired) electrons. The predicted octanol–water partition coefficient (Wildman–Crippen LogP) is 3.54. The van der Waals surface area contributed by atoms with E-state index in [1.165, 1.54) is 0 Å². The Morgan fingerprint density at radius 2 is 1.97 bits per heavy atom. The van der Waals surface area contributed by atoms with Gasteiger partial charge in [0.2, 0.25) is 0 Å². The van der Waals surface area contributed by atoms with Crippen molar-refractivity contribution in [3.8, 4) is 11.4 Å². The standard InChI is InChI=1S/C27H36N6O3/c1-6-8-18-9-12-24(34)33(15-18)17-23-25(29-30-31(23)5)21-10-11-22(20(7-2)28-21)32-14-13-19(16-32)27(3,4)26(35)36/h9-12,15,19H,6-8,13-14,16-17H2,1-5H3,(H,35,36)/t19-/m1/s1. The minimum Gasteiger partial charge on any atom is -0.481 e. The molecule has 0 bridgehead atoms. The zero-order valence-corrected chi connectivity index (χ0v) is 21.9. The zero-order chi connectivity index (χ0) is 26.0. The molecule has 1 N–H and O–H groups in total. The van der Waals surface area contributed by atoms with Crippen molar-refractivity contribution in [2.24, 2.45) is 18.4 Å². The van der Waals surface area contributed by atoms with Gasteiger partial charge in [-0.2, -0.15) is 0 Å². The molecule has 1 aliphatic heterocycles. The SMILES string of the molecule is CCCc1ccc(=O)n(Cc2c(-c3ccc(N4CC[C@@H](C(C)(C)C(=O)O)C4)c(CC)n3)nnn2C)c1. The van der Waals surface area contributed by atoms with Gasteiger partial charge in [0.25, 0.3) is 5.56 Å². The Balaban J connectivity index is 1.63. The Kier molecular flexibility index (Phi) is 7.28. The lowest BCUT2D eigenvalue weighted by molar-refractivity contribution is -0.149. The van der Waals surface area contributed by atoms with Crippen LogP contribution >= 0.6 is 0 Å². The molecule has 4 rings (SSSR count). The molecule has 0 aromatic carbocycles. The molecule has 3 aromatic heterocycles. The highest BCUT2D eigenvalue weighted by Gasteiger charge is 2.41. The maximum absolute atomic E-state index is 12.5. The molecule has 1 atom stereocenters. The minimum absolute atomic E-state index is 0.0626. The number of anilines is 1. The zero-order valence-electron chi connectivity index (χ0n) is 21.9. The number of aryl methyl sites for hydroxylation is 3. The number of aromatic nitrogens is 5. The molecule has 3 aromatic rings. The third kappa shape index (κ3) is 4.92. The summed E-state index contributed by atoms with van der Waals surface area (Å²) >= 11 is 0. The molecular formula is C27H36N6O3. The first-order valence-corrected chi connectivity index (χ1v) is 12.7. The van der Waals surface area contributed by atoms with Gasteiger partial charge in [0.05, 0.1) is 34.7 Å². The molecule has 0 spiro atoms. The summed E-state index contributed by atoms with van der Waals surface area (Å²) in [7, 11) is 1.83. The second-order valence-corrected chi connectivity index (χ2v) is 10.2. The summed E-state index contributed by atoms with van der Waals surface area (Å²) in [5.41, 5.74) is 4.48. The summed E-state index contributed by atoms with van der Waals surface area (Å²) in [6.07, 6.45) is 5.42. The van der Waals surface area contributed by atoms with E-state index in [1.807, 2.05) is 39.2 Å². The Hall–Kier alpha value is -3.49. The van der Waals surface area contributed by atoms with Crippen molar-refractivity contribution in [2.45, 2.75) is 59.9 Å². The van der Waals surface area contributed by atoms with Crippen LogP contribution in [0, 0.1) is 11.3 Å². The van der Waals surface area contributed by atoms with E-state index in [9.17, 15) is 14.7 Å². The smallest absolute Gasteiger partial charge is 0.309 e. The van der Waals surface area contributed by atoms with Gasteiger partial charge >= 0.3 is 5.97 Å². The molecule has 0 saturated carbocycles. The molecule has 36 heavy (non-hydrogen) atoms. The molecular weight excluding hydrogens is 456 g/mol. The first-order chi connectivity index (χ1) is 17.1. The van der Waals surface area contributed by atoms with Gasteiger partial charge in [-0.25, -0.2) is 9.67 Å². The summed E-state index contributed by atoms with van der Waals surface area (Å²) in [6, 6.07) is 7.52. The fourth-order valence-corrected chi connectivity index (χ4v) is 4.97. The minimum atomic E-state index is -0.768. The largest absolute Gasteiger partial charge is 0.481 e. The number of carbonyl (C=O) groups is 1. The lowest BCUT2D eigenvalue weighted by atomic mass is 9.78. The fourth-order valence-electron chi connectivity index (χ4n) is 4.97. The van der Waals surface area contributed by atoms with Crippen LogP contribution in [0.1, 0.15) is 57.5 Å². The van der Waals surface area contributed by atoms with Crippen molar-refractivity contribution in [3.05, 3.63) is 57.8 Å². The average Bonchev–Trinajstić information content (AvgIpc) is 3.49. The number of aliphatic carboxylic acids is 1. The highest BCUT2D eigenvalue weighted by atomic mass is 16.4. The van der Waals surface area contributed by atoms with Crippen LogP contribution in [-0.4, -0.2) is 48.7 Å². The number of carboxylic acid groups (broad SMARTS) is 1. The van der Waals surface area contributed by atoms with Crippen LogP contribution in [0.2, 0.25) is 0 Å². The molecule has 192 valence electrons. The molecule has 0 aliphatic carbocycles. The van der Waals surface area contributed by atoms with Crippen molar-refractivity contribution >= 4 is 11.7 Å². The van der Waals surface area contributed by atoms with E-state index in [0.717, 1.165) is 60.6 Å². The summed E-state index contributed by atoms with van der Waals surface area (Å²) in [4.78, 5) is 31.5. The molecule has 0 unspecified atom stereocenters. The number of rotatable bonds is 9. The highest BCUT2D eigenvalue weighted by Crippen LogP contribution is 2.37. The number of hydrogen-bond donors (Lipinski definition) is 1. The molecule has 9 heteroatoms. The third-order valence-electron chi connectivity index (χ3n) is 7.47. The van der Waals surface area contributed by atoms with Crippen LogP contribution in [0.5, 0.6) is 0 Å². The molecule has 1 saturated heterocycles. The summed E-state index contributed by atoms with van der Waals surface area (Å²) in [5.74, 6) is -0.680. The second-order valence-electron chi connectivity index (χ2n) is 10.2. The Morgan fingerprint density at radius 3 is 2.67 bits per heavy atom. The quantitative estimate of drug-likeness (QED) is 0.487. The van der Waals surface area contributed by atoms with Gasteiger partial charge in [0, 0.05) is 32.4 Å². The van der Waals surface area contributed by atoms with Crippen molar-refractivity contribution in [3.63, 3.8) is 0 Å². The van der Waals surface area contributed by atoms with Crippen molar-refractivity contribution in [2.75, 3.05) is 18.0 Å². The first kappa shape index (κ1) is 25.6. The number of hydrogen-bond acceptors (Lipinski definition) is 6. The summed E-state index contributed by atoms with van der Waals surface area (Å²) < 4.78 is 3.41. The molecule has 9 nitrogen and oxygen atoms in total. The van der Waals surface area contributed by atoms with E-state index in [0.29, 0.717) is 18.8 Å². The van der Waals surface area contributed by atoms with Crippen LogP contribution < -0.4 is 10.5 Å². The van der Waals surface area contributed by atoms with Gasteiger partial charge in [-0.3, -0.25) is 9.59 Å². The Morgan fingerprint density at radius 1 is 1.19 bits per heavy atom. The van der Waals surface area contributed by atoms with Gasteiger partial charge < -0.3 is 14.6 Å². The van der Waals surface area contributed by atoms with Crippen LogP contribution in [0.25, 0.3) is 11.4 Å². The number of nitrogens with zero attached hydrogens (tertiary/aromatic N) is 6. The lowest BCUT2D eigenvalue weighted by Crippen LogP contribution is -2.35. The molecule has 0 amide bonds. The van der Waals surface area contributed by atoms with Gasteiger partial charge in [-0.15, -0.1) is 5.10 Å². The fraction of sp³-hybridized carbons (Fsp3) is 0.519. The average molecular weight is 493 g/mol. The van der Waals surface area contributed by atoms with Gasteiger partial charge in [0.15, 0.2) is 0 Å². The van der Waals surface area contributed by atoms with Crippen LogP contribution in [-0.2, 0) is 31.2 Å². The summed E-state index contributed by atoms with van der Waals surface area (Å²) in [5, 5.41) is 18.3. The maximum Gasteiger partial charge on any atom is 0.309 e. The monoisotopic (exact) mass is 492 g/mol.